The smallest absolute Gasteiger partial charge is 0.218 e. The second-order valence-corrected chi connectivity index (χ2v) is 7.47. The number of methoxy groups -OCH3 is 1. The van der Waals surface area contributed by atoms with E-state index >= 15 is 0 Å². The Morgan fingerprint density at radius 3 is 2.62 bits per heavy atom. The van der Waals surface area contributed by atoms with Gasteiger partial charge in [0.05, 0.1) is 13.2 Å². The number of hydrogen-bond acceptors (Lipinski definition) is 5. The van der Waals surface area contributed by atoms with Crippen LogP contribution in [0.5, 0.6) is 5.88 Å². The van der Waals surface area contributed by atoms with Gasteiger partial charge in [0.15, 0.2) is 5.96 Å². The molecule has 2 rings (SSSR count). The van der Waals surface area contributed by atoms with Crippen LogP contribution >= 0.6 is 24.0 Å². The normalized spacial score (nSPS) is 12.2. The summed E-state index contributed by atoms with van der Waals surface area (Å²) in [5.74, 6) is 1.41. The van der Waals surface area contributed by atoms with Crippen molar-refractivity contribution in [2.45, 2.75) is 39.4 Å². The third-order valence-corrected chi connectivity index (χ3v) is 5.01. The van der Waals surface area contributed by atoms with E-state index < -0.39 is 0 Å². The van der Waals surface area contributed by atoms with Crippen molar-refractivity contribution in [1.29, 1.82) is 0 Å². The van der Waals surface area contributed by atoms with Crippen molar-refractivity contribution in [2.75, 3.05) is 40.5 Å². The Morgan fingerprint density at radius 1 is 1.12 bits per heavy atom. The predicted molar refractivity (Wildman–Crippen MR) is 142 cm³/mol. The maximum Gasteiger partial charge on any atom is 0.218 e. The van der Waals surface area contributed by atoms with Gasteiger partial charge in [-0.3, -0.25) is 4.90 Å². The fourth-order valence-corrected chi connectivity index (χ4v) is 3.05. The van der Waals surface area contributed by atoms with Gasteiger partial charge in [0.1, 0.15) is 6.61 Å². The molecule has 1 aromatic heterocycles. The lowest BCUT2D eigenvalue weighted by Gasteiger charge is -2.25. The molecule has 2 aromatic rings. The topological polar surface area (TPSA) is 71.0 Å². The minimum Gasteiger partial charge on any atom is -0.475 e. The quantitative estimate of drug-likeness (QED) is 0.170. The van der Waals surface area contributed by atoms with E-state index in [-0.39, 0.29) is 24.0 Å². The molecule has 32 heavy (non-hydrogen) atoms. The lowest BCUT2D eigenvalue weighted by Crippen LogP contribution is -2.40. The minimum atomic E-state index is 0. The lowest BCUT2D eigenvalue weighted by molar-refractivity contribution is 0.143. The van der Waals surface area contributed by atoms with Gasteiger partial charge in [0.2, 0.25) is 5.88 Å². The SMILES string of the molecule is CCNC(=NCc1cccnc1OCCOC)NCCC(C)N(C)Cc1ccccc1.I. The summed E-state index contributed by atoms with van der Waals surface area (Å²) in [4.78, 5) is 11.4. The first-order valence-electron chi connectivity index (χ1n) is 11.0. The molecule has 0 saturated carbocycles. The zero-order chi connectivity index (χ0) is 22.3. The van der Waals surface area contributed by atoms with E-state index in [1.165, 1.54) is 5.56 Å². The summed E-state index contributed by atoms with van der Waals surface area (Å²) in [5.41, 5.74) is 2.28. The summed E-state index contributed by atoms with van der Waals surface area (Å²) in [6.07, 6.45) is 2.75. The van der Waals surface area contributed by atoms with Crippen molar-refractivity contribution >= 4 is 29.9 Å². The maximum atomic E-state index is 5.71. The van der Waals surface area contributed by atoms with E-state index in [1.54, 1.807) is 13.3 Å². The van der Waals surface area contributed by atoms with E-state index in [0.717, 1.165) is 37.6 Å². The van der Waals surface area contributed by atoms with Crippen molar-refractivity contribution in [3.8, 4) is 5.88 Å². The van der Waals surface area contributed by atoms with Gasteiger partial charge in [-0.2, -0.15) is 0 Å². The van der Waals surface area contributed by atoms with Crippen LogP contribution in [-0.4, -0.2) is 62.3 Å². The Labute approximate surface area is 210 Å². The molecule has 0 aliphatic carbocycles. The molecular formula is C24H38IN5O2. The first-order chi connectivity index (χ1) is 15.1. The number of rotatable bonds is 13. The number of ether oxygens (including phenoxy) is 2. The molecule has 0 spiro atoms. The molecule has 1 heterocycles. The first-order valence-corrected chi connectivity index (χ1v) is 11.0. The van der Waals surface area contributed by atoms with E-state index in [9.17, 15) is 0 Å². The Balaban J connectivity index is 0.00000512. The number of pyridine rings is 1. The molecule has 0 aliphatic heterocycles. The van der Waals surface area contributed by atoms with Gasteiger partial charge in [-0.25, -0.2) is 9.98 Å². The molecule has 0 aliphatic rings. The Kier molecular flexibility index (Phi) is 14.7. The van der Waals surface area contributed by atoms with Crippen LogP contribution in [0.3, 0.4) is 0 Å². The number of benzene rings is 1. The molecular weight excluding hydrogens is 517 g/mol. The maximum absolute atomic E-state index is 5.71. The minimum absolute atomic E-state index is 0. The van der Waals surface area contributed by atoms with Crippen molar-refractivity contribution in [3.63, 3.8) is 0 Å². The number of nitrogens with one attached hydrogen (secondary N) is 2. The molecule has 8 heteroatoms. The van der Waals surface area contributed by atoms with Crippen LogP contribution in [-0.2, 0) is 17.8 Å². The summed E-state index contributed by atoms with van der Waals surface area (Å²) in [6.45, 7) is 8.41. The third kappa shape index (κ3) is 10.6. The van der Waals surface area contributed by atoms with Crippen LogP contribution in [0.1, 0.15) is 31.4 Å². The molecule has 178 valence electrons. The Hall–Kier alpha value is -1.91. The molecule has 1 aromatic carbocycles. The third-order valence-electron chi connectivity index (χ3n) is 5.01. The second-order valence-electron chi connectivity index (χ2n) is 7.47. The van der Waals surface area contributed by atoms with Gasteiger partial charge >= 0.3 is 0 Å². The highest BCUT2D eigenvalue weighted by molar-refractivity contribution is 14.0. The molecule has 1 unspecified atom stereocenters. The van der Waals surface area contributed by atoms with Crippen LogP contribution < -0.4 is 15.4 Å². The summed E-state index contributed by atoms with van der Waals surface area (Å²) in [7, 11) is 3.83. The van der Waals surface area contributed by atoms with Gasteiger partial charge in [-0.15, -0.1) is 24.0 Å². The van der Waals surface area contributed by atoms with Crippen molar-refractivity contribution in [1.82, 2.24) is 20.5 Å². The molecule has 0 saturated heterocycles. The molecule has 0 amide bonds. The van der Waals surface area contributed by atoms with E-state index in [1.807, 2.05) is 12.1 Å². The number of guanidine groups is 1. The Bertz CT molecular complexity index is 776. The predicted octanol–water partition coefficient (Wildman–Crippen LogP) is 3.69. The lowest BCUT2D eigenvalue weighted by atomic mass is 10.1. The van der Waals surface area contributed by atoms with Crippen LogP contribution in [0, 0.1) is 0 Å². The monoisotopic (exact) mass is 555 g/mol. The zero-order valence-electron chi connectivity index (χ0n) is 19.7. The summed E-state index contributed by atoms with van der Waals surface area (Å²) < 4.78 is 10.7. The summed E-state index contributed by atoms with van der Waals surface area (Å²) in [5, 5.41) is 6.75. The van der Waals surface area contributed by atoms with Gasteiger partial charge in [0.25, 0.3) is 0 Å². The zero-order valence-corrected chi connectivity index (χ0v) is 22.0. The Morgan fingerprint density at radius 2 is 1.91 bits per heavy atom. The fourth-order valence-electron chi connectivity index (χ4n) is 3.05. The van der Waals surface area contributed by atoms with Gasteiger partial charge in [0, 0.05) is 44.5 Å². The number of aliphatic imine (C=N–C) groups is 1. The van der Waals surface area contributed by atoms with Gasteiger partial charge < -0.3 is 20.1 Å². The number of hydrogen-bond donors (Lipinski definition) is 2. The average molecular weight is 556 g/mol. The molecule has 1 atom stereocenters. The van der Waals surface area contributed by atoms with Gasteiger partial charge in [-0.05, 0) is 38.9 Å². The highest BCUT2D eigenvalue weighted by atomic mass is 127. The number of aromatic nitrogens is 1. The van der Waals surface area contributed by atoms with Crippen LogP contribution in [0.25, 0.3) is 0 Å². The van der Waals surface area contributed by atoms with E-state index in [0.29, 0.717) is 31.7 Å². The number of halogens is 1. The molecule has 0 radical (unpaired) electrons. The van der Waals surface area contributed by atoms with Crippen molar-refractivity contribution in [2.24, 2.45) is 4.99 Å². The molecule has 2 N–H and O–H groups in total. The van der Waals surface area contributed by atoms with E-state index in [4.69, 9.17) is 14.5 Å². The summed E-state index contributed by atoms with van der Waals surface area (Å²) >= 11 is 0. The highest BCUT2D eigenvalue weighted by Gasteiger charge is 2.10. The van der Waals surface area contributed by atoms with Crippen molar-refractivity contribution in [3.05, 3.63) is 59.8 Å². The van der Waals surface area contributed by atoms with Crippen LogP contribution in [0.15, 0.2) is 53.7 Å². The first kappa shape index (κ1) is 28.1. The fraction of sp³-hybridized carbons (Fsp3) is 0.500. The molecule has 7 nitrogen and oxygen atoms in total. The average Bonchev–Trinajstić information content (AvgIpc) is 2.79. The number of nitrogens with zero attached hydrogens (tertiary/aromatic N) is 3. The van der Waals surface area contributed by atoms with Gasteiger partial charge in [-0.1, -0.05) is 36.4 Å². The second kappa shape index (κ2) is 16.7. The van der Waals surface area contributed by atoms with Crippen LogP contribution in [0.4, 0.5) is 0 Å². The van der Waals surface area contributed by atoms with E-state index in [2.05, 4.69) is 71.7 Å². The molecule has 0 bridgehead atoms. The standard InChI is InChI=1S/C24H37N5O2.HI/c1-5-25-24(28-18-22-12-9-14-26-23(22)31-17-16-30-4)27-15-13-20(2)29(3)19-21-10-7-6-8-11-21;/h6-12,14,20H,5,13,15-19H2,1-4H3,(H2,25,27,28);1H. The molecule has 0 fully saturated rings. The highest BCUT2D eigenvalue weighted by Crippen LogP contribution is 2.15. The largest absolute Gasteiger partial charge is 0.475 e. The summed E-state index contributed by atoms with van der Waals surface area (Å²) in [6, 6.07) is 14.9. The van der Waals surface area contributed by atoms with Crippen molar-refractivity contribution < 1.29 is 9.47 Å². The van der Waals surface area contributed by atoms with Crippen LogP contribution in [0.2, 0.25) is 0 Å².